The summed E-state index contributed by atoms with van der Waals surface area (Å²) < 4.78 is 7.70. The van der Waals surface area contributed by atoms with Gasteiger partial charge >= 0.3 is 11.8 Å². The molecule has 2 N–H and O–H groups in total. The average molecular weight is 544 g/mol. The number of nitrogens with zero attached hydrogens (tertiary/aromatic N) is 7. The van der Waals surface area contributed by atoms with E-state index in [1.807, 2.05) is 10.8 Å². The molecule has 2 aliphatic heterocycles. The predicted molar refractivity (Wildman–Crippen MR) is 160 cm³/mol. The summed E-state index contributed by atoms with van der Waals surface area (Å²) in [5.41, 5.74) is 10.8. The highest BCUT2D eigenvalue weighted by Crippen LogP contribution is 2.33. The van der Waals surface area contributed by atoms with Crippen LogP contribution in [0.25, 0.3) is 0 Å². The summed E-state index contributed by atoms with van der Waals surface area (Å²) in [5.74, 6) is 1.20. The minimum atomic E-state index is -0.359. The van der Waals surface area contributed by atoms with E-state index in [0.29, 0.717) is 5.88 Å². The van der Waals surface area contributed by atoms with Gasteiger partial charge in [-0.2, -0.15) is 0 Å². The molecule has 9 heteroatoms. The van der Waals surface area contributed by atoms with Gasteiger partial charge in [0.05, 0.1) is 32.0 Å². The van der Waals surface area contributed by atoms with Crippen LogP contribution < -0.4 is 5.73 Å². The molecule has 2 saturated heterocycles. The van der Waals surface area contributed by atoms with Crippen LogP contribution in [0, 0.1) is 0 Å². The number of nitrogens with two attached hydrogens (primary N) is 1. The highest BCUT2D eigenvalue weighted by Gasteiger charge is 2.35. The Morgan fingerprint density at radius 1 is 0.975 bits per heavy atom. The molecule has 40 heavy (non-hydrogen) atoms. The number of hydrazone groups is 1. The van der Waals surface area contributed by atoms with E-state index in [0.717, 1.165) is 63.9 Å². The van der Waals surface area contributed by atoms with Crippen LogP contribution in [0.3, 0.4) is 0 Å². The summed E-state index contributed by atoms with van der Waals surface area (Å²) in [6.45, 7) is 14.8. The number of rotatable bonds is 6. The van der Waals surface area contributed by atoms with Gasteiger partial charge in [-0.15, -0.1) is 4.68 Å². The van der Waals surface area contributed by atoms with Crippen molar-refractivity contribution in [2.24, 2.45) is 10.7 Å². The third-order valence-electron chi connectivity index (χ3n) is 8.17. The summed E-state index contributed by atoms with van der Waals surface area (Å²) >= 11 is 0. The first kappa shape index (κ1) is 28.0. The number of aliphatic imine (C=N–C) groups is 1. The van der Waals surface area contributed by atoms with E-state index in [1.165, 1.54) is 16.7 Å². The summed E-state index contributed by atoms with van der Waals surface area (Å²) in [7, 11) is 4.24. The topological polar surface area (TPSA) is 80.4 Å². The van der Waals surface area contributed by atoms with E-state index in [4.69, 9.17) is 15.2 Å². The lowest BCUT2D eigenvalue weighted by molar-refractivity contribution is -0.612. The second kappa shape index (κ2) is 11.9. The van der Waals surface area contributed by atoms with Gasteiger partial charge in [-0.3, -0.25) is 4.90 Å². The lowest BCUT2D eigenvalue weighted by Gasteiger charge is -2.39. The smallest absolute Gasteiger partial charge is 0.318 e. The van der Waals surface area contributed by atoms with Crippen LogP contribution in [-0.2, 0) is 11.8 Å². The van der Waals surface area contributed by atoms with Gasteiger partial charge in [0.15, 0.2) is 0 Å². The van der Waals surface area contributed by atoms with Crippen molar-refractivity contribution < 1.29 is 9.21 Å². The molecule has 3 heterocycles. The number of hydrazine groups is 1. The van der Waals surface area contributed by atoms with Crippen LogP contribution in [0.15, 0.2) is 70.2 Å². The number of guanidine groups is 1. The normalized spacial score (nSPS) is 19.7. The maximum absolute atomic E-state index is 6.52. The molecule has 0 radical (unpaired) electrons. The van der Waals surface area contributed by atoms with Gasteiger partial charge < -0.3 is 20.1 Å². The molecule has 1 aromatic heterocycles. The fourth-order valence-electron chi connectivity index (χ4n) is 5.42. The van der Waals surface area contributed by atoms with Gasteiger partial charge in [-0.05, 0) is 42.2 Å². The van der Waals surface area contributed by atoms with Gasteiger partial charge in [-0.1, -0.05) is 73.6 Å². The van der Waals surface area contributed by atoms with Crippen molar-refractivity contribution in [2.75, 3.05) is 59.9 Å². The van der Waals surface area contributed by atoms with E-state index < -0.39 is 0 Å². The molecule has 0 aliphatic carbocycles. The Hall–Kier alpha value is -3.53. The van der Waals surface area contributed by atoms with E-state index in [2.05, 4.69) is 114 Å². The Balaban J connectivity index is 1.41. The predicted octanol–water partition coefficient (Wildman–Crippen LogP) is 2.99. The Morgan fingerprint density at radius 2 is 1.68 bits per heavy atom. The maximum Gasteiger partial charge on any atom is 0.419 e. The monoisotopic (exact) mass is 543 g/mol. The molecule has 5 rings (SSSR count). The molecular formula is C31H43N8O+. The molecule has 2 aromatic carbocycles. The Labute approximate surface area is 238 Å². The molecule has 3 aromatic rings. The minimum absolute atomic E-state index is 0.165. The van der Waals surface area contributed by atoms with Crippen molar-refractivity contribution in [1.29, 1.82) is 0 Å². The SMILES string of the molecule is C=[N+](C(=Nc1cc(C(C)(C)c2cccc(Cc3ccccc3)c2)no1)N1CCN(C)CC1)N1CCN(C)CC1N. The molecule has 2 fully saturated rings. The number of likely N-dealkylation sites (N-methyl/N-ethyl adjacent to an activating group) is 2. The molecule has 2 aliphatic rings. The van der Waals surface area contributed by atoms with Crippen molar-refractivity contribution in [1.82, 2.24) is 24.9 Å². The van der Waals surface area contributed by atoms with Crippen LogP contribution in [0.1, 0.15) is 36.2 Å². The third kappa shape index (κ3) is 6.27. The Bertz CT molecular complexity index is 1330. The van der Waals surface area contributed by atoms with Gasteiger partial charge in [0.25, 0.3) is 0 Å². The lowest BCUT2D eigenvalue weighted by Crippen LogP contribution is -2.62. The first-order chi connectivity index (χ1) is 19.2. The van der Waals surface area contributed by atoms with Crippen LogP contribution in [-0.4, -0.2) is 108 Å². The number of hydrogen-bond donors (Lipinski definition) is 1. The molecule has 0 spiro atoms. The van der Waals surface area contributed by atoms with Gasteiger partial charge in [0.2, 0.25) is 0 Å². The molecule has 0 amide bonds. The summed E-state index contributed by atoms with van der Waals surface area (Å²) in [5, 5.41) is 6.59. The van der Waals surface area contributed by atoms with E-state index in [-0.39, 0.29) is 11.6 Å². The molecule has 9 nitrogen and oxygen atoms in total. The zero-order valence-corrected chi connectivity index (χ0v) is 24.3. The number of hydrogen-bond acceptors (Lipinski definition) is 7. The quantitative estimate of drug-likeness (QED) is 0.291. The zero-order valence-electron chi connectivity index (χ0n) is 24.3. The summed E-state index contributed by atoms with van der Waals surface area (Å²) in [6.07, 6.45) is 0.725. The fourth-order valence-corrected chi connectivity index (χ4v) is 5.42. The highest BCUT2D eigenvalue weighted by atomic mass is 16.5. The summed E-state index contributed by atoms with van der Waals surface area (Å²) in [6, 6.07) is 21.2. The second-order valence-corrected chi connectivity index (χ2v) is 11.6. The standard InChI is InChI=1S/C31H43N8O/c1-31(2,26-13-9-12-25(21-26)20-24-10-7-6-8-11-24)27-22-29(40-34-27)33-30(38-17-14-35(3)15-18-38)37(5)39-19-16-36(4)23-28(39)32/h6-13,21-22,28H,5,14-20,23,32H2,1-4H3/q+1. The Kier molecular flexibility index (Phi) is 8.35. The zero-order chi connectivity index (χ0) is 28.3. The maximum atomic E-state index is 6.52. The first-order valence-corrected chi connectivity index (χ1v) is 14.1. The average Bonchev–Trinajstić information content (AvgIpc) is 3.42. The van der Waals surface area contributed by atoms with Crippen molar-refractivity contribution in [3.8, 4) is 0 Å². The van der Waals surface area contributed by atoms with Crippen LogP contribution in [0.2, 0.25) is 0 Å². The largest absolute Gasteiger partial charge is 0.419 e. The molecular weight excluding hydrogens is 500 g/mol. The molecule has 1 unspecified atom stereocenters. The highest BCUT2D eigenvalue weighted by molar-refractivity contribution is 5.76. The Morgan fingerprint density at radius 3 is 2.40 bits per heavy atom. The van der Waals surface area contributed by atoms with Crippen LogP contribution >= 0.6 is 0 Å². The van der Waals surface area contributed by atoms with E-state index >= 15 is 0 Å². The molecule has 1 atom stereocenters. The van der Waals surface area contributed by atoms with Gasteiger partial charge in [0.1, 0.15) is 6.17 Å². The number of piperazine rings is 2. The molecule has 212 valence electrons. The first-order valence-electron chi connectivity index (χ1n) is 14.1. The van der Waals surface area contributed by atoms with Crippen LogP contribution in [0.4, 0.5) is 5.88 Å². The second-order valence-electron chi connectivity index (χ2n) is 11.6. The van der Waals surface area contributed by atoms with Crippen LogP contribution in [0.5, 0.6) is 0 Å². The van der Waals surface area contributed by atoms with E-state index in [9.17, 15) is 0 Å². The van der Waals surface area contributed by atoms with Crippen molar-refractivity contribution >= 4 is 18.6 Å². The fraction of sp³-hybridized carbons (Fsp3) is 0.452. The van der Waals surface area contributed by atoms with Gasteiger partial charge in [0, 0.05) is 37.7 Å². The van der Waals surface area contributed by atoms with Crippen molar-refractivity contribution in [2.45, 2.75) is 31.8 Å². The van der Waals surface area contributed by atoms with Crippen molar-refractivity contribution in [3.63, 3.8) is 0 Å². The molecule has 0 bridgehead atoms. The lowest BCUT2D eigenvalue weighted by atomic mass is 9.80. The van der Waals surface area contributed by atoms with Crippen molar-refractivity contribution in [3.05, 3.63) is 83.0 Å². The minimum Gasteiger partial charge on any atom is -0.318 e. The summed E-state index contributed by atoms with van der Waals surface area (Å²) in [4.78, 5) is 11.8. The third-order valence-corrected chi connectivity index (χ3v) is 8.17. The number of aromatic nitrogens is 1. The number of benzene rings is 2. The molecule has 0 saturated carbocycles. The van der Waals surface area contributed by atoms with E-state index in [1.54, 1.807) is 0 Å². The van der Waals surface area contributed by atoms with Gasteiger partial charge in [-0.25, -0.2) is 5.01 Å².